The highest BCUT2D eigenvalue weighted by Gasteiger charge is 2.32. The van der Waals surface area contributed by atoms with Gasteiger partial charge in [-0.2, -0.15) is 0 Å². The molecule has 3 heteroatoms. The minimum atomic E-state index is -0.0126. The summed E-state index contributed by atoms with van der Waals surface area (Å²) in [6.07, 6.45) is 8.00. The Kier molecular flexibility index (Phi) is 4.24. The van der Waals surface area contributed by atoms with Crippen molar-refractivity contribution < 1.29 is 5.11 Å². The molecule has 17 heavy (non-hydrogen) atoms. The first-order valence-electron chi connectivity index (χ1n) is 6.79. The Morgan fingerprint density at radius 3 is 2.82 bits per heavy atom. The molecule has 0 saturated heterocycles. The van der Waals surface area contributed by atoms with Crippen LogP contribution in [0.3, 0.4) is 0 Å². The van der Waals surface area contributed by atoms with Crippen LogP contribution in [0.2, 0.25) is 0 Å². The standard InChI is InChI=1S/C14H24N2O/c1-2-9-16-10-5-6-13(16)11-15-14(12-17)7-3-4-8-14/h5-6,10,15,17H,2-4,7-9,11-12H2,1H3. The monoisotopic (exact) mass is 236 g/mol. The van der Waals surface area contributed by atoms with Crippen molar-refractivity contribution in [2.75, 3.05) is 6.61 Å². The fourth-order valence-electron chi connectivity index (χ4n) is 2.79. The highest BCUT2D eigenvalue weighted by molar-refractivity contribution is 5.08. The summed E-state index contributed by atoms with van der Waals surface area (Å²) >= 11 is 0. The zero-order chi connectivity index (χ0) is 12.1. The van der Waals surface area contributed by atoms with Gasteiger partial charge in [-0.05, 0) is 31.4 Å². The molecule has 0 unspecified atom stereocenters. The summed E-state index contributed by atoms with van der Waals surface area (Å²) in [7, 11) is 0. The van der Waals surface area contributed by atoms with Crippen molar-refractivity contribution in [1.82, 2.24) is 9.88 Å². The van der Waals surface area contributed by atoms with Gasteiger partial charge in [0.25, 0.3) is 0 Å². The Morgan fingerprint density at radius 2 is 2.18 bits per heavy atom. The highest BCUT2D eigenvalue weighted by Crippen LogP contribution is 2.29. The second kappa shape index (κ2) is 5.69. The molecule has 1 saturated carbocycles. The van der Waals surface area contributed by atoms with Gasteiger partial charge in [0.2, 0.25) is 0 Å². The predicted molar refractivity (Wildman–Crippen MR) is 69.8 cm³/mol. The van der Waals surface area contributed by atoms with Crippen LogP contribution >= 0.6 is 0 Å². The van der Waals surface area contributed by atoms with E-state index in [0.29, 0.717) is 0 Å². The van der Waals surface area contributed by atoms with Crippen LogP contribution in [0.4, 0.5) is 0 Å². The molecular formula is C14H24N2O. The van der Waals surface area contributed by atoms with Gasteiger partial charge >= 0.3 is 0 Å². The SMILES string of the molecule is CCCn1cccc1CNC1(CO)CCCC1. The summed E-state index contributed by atoms with van der Waals surface area (Å²) in [6.45, 7) is 4.41. The number of hydrogen-bond acceptors (Lipinski definition) is 2. The van der Waals surface area contributed by atoms with Crippen LogP contribution < -0.4 is 5.32 Å². The number of hydrogen-bond donors (Lipinski definition) is 2. The van der Waals surface area contributed by atoms with Crippen LogP contribution in [-0.4, -0.2) is 21.8 Å². The van der Waals surface area contributed by atoms with Crippen LogP contribution in [0.1, 0.15) is 44.7 Å². The van der Waals surface area contributed by atoms with Crippen LogP contribution in [-0.2, 0) is 13.1 Å². The van der Waals surface area contributed by atoms with Crippen molar-refractivity contribution >= 4 is 0 Å². The van der Waals surface area contributed by atoms with Crippen molar-refractivity contribution in [3.05, 3.63) is 24.0 Å². The molecule has 1 fully saturated rings. The van der Waals surface area contributed by atoms with E-state index in [1.165, 1.54) is 18.5 Å². The minimum Gasteiger partial charge on any atom is -0.394 e. The third-order valence-corrected chi connectivity index (χ3v) is 3.90. The summed E-state index contributed by atoms with van der Waals surface area (Å²) in [6, 6.07) is 4.27. The number of rotatable bonds is 6. The number of nitrogens with one attached hydrogen (secondary N) is 1. The average molecular weight is 236 g/mol. The molecule has 96 valence electrons. The smallest absolute Gasteiger partial charge is 0.0613 e. The first-order valence-corrected chi connectivity index (χ1v) is 6.79. The Morgan fingerprint density at radius 1 is 1.41 bits per heavy atom. The second-order valence-corrected chi connectivity index (χ2v) is 5.19. The first kappa shape index (κ1) is 12.7. The van der Waals surface area contributed by atoms with Gasteiger partial charge in [-0.25, -0.2) is 0 Å². The maximum Gasteiger partial charge on any atom is 0.0613 e. The van der Waals surface area contributed by atoms with E-state index < -0.39 is 0 Å². The van der Waals surface area contributed by atoms with Gasteiger partial charge in [0.05, 0.1) is 6.61 Å². The van der Waals surface area contributed by atoms with Crippen LogP contribution in [0, 0.1) is 0 Å². The number of aromatic nitrogens is 1. The van der Waals surface area contributed by atoms with E-state index >= 15 is 0 Å². The second-order valence-electron chi connectivity index (χ2n) is 5.19. The van der Waals surface area contributed by atoms with E-state index in [9.17, 15) is 5.11 Å². The van der Waals surface area contributed by atoms with Crippen LogP contribution in [0.5, 0.6) is 0 Å². The molecule has 1 aliphatic rings. The molecule has 2 rings (SSSR count). The van der Waals surface area contributed by atoms with Gasteiger partial charge in [-0.3, -0.25) is 0 Å². The summed E-state index contributed by atoms with van der Waals surface area (Å²) in [5, 5.41) is 13.1. The Bertz CT molecular complexity index is 340. The summed E-state index contributed by atoms with van der Waals surface area (Å²) in [5.74, 6) is 0. The van der Waals surface area contributed by atoms with Gasteiger partial charge in [-0.1, -0.05) is 19.8 Å². The minimum absolute atomic E-state index is 0.0126. The fraction of sp³-hybridized carbons (Fsp3) is 0.714. The average Bonchev–Trinajstić information content (AvgIpc) is 2.97. The molecule has 0 amide bonds. The Labute approximate surface area is 104 Å². The Hall–Kier alpha value is -0.800. The van der Waals surface area contributed by atoms with E-state index in [1.54, 1.807) is 0 Å². The maximum atomic E-state index is 9.55. The zero-order valence-corrected chi connectivity index (χ0v) is 10.8. The lowest BCUT2D eigenvalue weighted by Crippen LogP contribution is -2.45. The van der Waals surface area contributed by atoms with Crippen molar-refractivity contribution in [3.63, 3.8) is 0 Å². The molecule has 0 bridgehead atoms. The largest absolute Gasteiger partial charge is 0.394 e. The normalized spacial score (nSPS) is 18.7. The summed E-state index contributed by atoms with van der Waals surface area (Å²) < 4.78 is 2.30. The van der Waals surface area contributed by atoms with E-state index in [1.807, 2.05) is 0 Å². The molecule has 0 radical (unpaired) electrons. The number of nitrogens with zero attached hydrogens (tertiary/aromatic N) is 1. The highest BCUT2D eigenvalue weighted by atomic mass is 16.3. The van der Waals surface area contributed by atoms with Crippen molar-refractivity contribution in [3.8, 4) is 0 Å². The molecule has 1 aliphatic carbocycles. The third-order valence-electron chi connectivity index (χ3n) is 3.90. The fourth-order valence-corrected chi connectivity index (χ4v) is 2.79. The van der Waals surface area contributed by atoms with E-state index in [4.69, 9.17) is 0 Å². The Balaban J connectivity index is 1.94. The van der Waals surface area contributed by atoms with Gasteiger partial charge in [-0.15, -0.1) is 0 Å². The lowest BCUT2D eigenvalue weighted by molar-refractivity contribution is 0.162. The molecule has 0 atom stereocenters. The number of aryl methyl sites for hydroxylation is 1. The molecule has 1 aromatic heterocycles. The molecule has 2 N–H and O–H groups in total. The van der Waals surface area contributed by atoms with Gasteiger partial charge in [0, 0.05) is 30.5 Å². The van der Waals surface area contributed by atoms with Crippen molar-refractivity contribution in [1.29, 1.82) is 0 Å². The quantitative estimate of drug-likeness (QED) is 0.795. The summed E-state index contributed by atoms with van der Waals surface area (Å²) in [4.78, 5) is 0. The van der Waals surface area contributed by atoms with E-state index in [0.717, 1.165) is 32.4 Å². The van der Waals surface area contributed by atoms with Crippen LogP contribution in [0.15, 0.2) is 18.3 Å². The van der Waals surface area contributed by atoms with Crippen LogP contribution in [0.25, 0.3) is 0 Å². The van der Waals surface area contributed by atoms with Gasteiger partial charge < -0.3 is 15.0 Å². The lowest BCUT2D eigenvalue weighted by atomic mass is 9.99. The van der Waals surface area contributed by atoms with Crippen molar-refractivity contribution in [2.24, 2.45) is 0 Å². The topological polar surface area (TPSA) is 37.2 Å². The molecule has 1 heterocycles. The zero-order valence-electron chi connectivity index (χ0n) is 10.8. The molecular weight excluding hydrogens is 212 g/mol. The molecule has 0 spiro atoms. The van der Waals surface area contributed by atoms with Crippen molar-refractivity contribution in [2.45, 2.75) is 57.7 Å². The molecule has 1 aromatic rings. The predicted octanol–water partition coefficient (Wildman–Crippen LogP) is 2.29. The molecule has 0 aliphatic heterocycles. The maximum absolute atomic E-state index is 9.55. The van der Waals surface area contributed by atoms with Gasteiger partial charge in [0.15, 0.2) is 0 Å². The number of aliphatic hydroxyl groups is 1. The molecule has 0 aromatic carbocycles. The third kappa shape index (κ3) is 2.90. The lowest BCUT2D eigenvalue weighted by Gasteiger charge is -2.28. The summed E-state index contributed by atoms with van der Waals surface area (Å²) in [5.41, 5.74) is 1.31. The first-order chi connectivity index (χ1) is 8.29. The van der Waals surface area contributed by atoms with E-state index in [2.05, 4.69) is 35.1 Å². The van der Waals surface area contributed by atoms with Gasteiger partial charge in [0.1, 0.15) is 0 Å². The number of aliphatic hydroxyl groups excluding tert-OH is 1. The van der Waals surface area contributed by atoms with E-state index in [-0.39, 0.29) is 12.1 Å². The molecule has 3 nitrogen and oxygen atoms in total.